The number of ether oxygens (including phenoxy) is 2. The fraction of sp³-hybridized carbons (Fsp3) is 0.348. The number of carbonyl (C=O) groups excluding carboxylic acids is 3. The molecule has 9 heteroatoms. The van der Waals surface area contributed by atoms with Crippen LogP contribution < -0.4 is 20.3 Å². The number of aryl methyl sites for hydroxylation is 1. The molecule has 0 spiro atoms. The summed E-state index contributed by atoms with van der Waals surface area (Å²) < 4.78 is 10.3. The molecular weight excluding hydrogens is 434 g/mol. The van der Waals surface area contributed by atoms with E-state index in [-0.39, 0.29) is 35.7 Å². The lowest BCUT2D eigenvalue weighted by Crippen LogP contribution is -2.28. The molecule has 0 bridgehead atoms. The molecule has 170 valence electrons. The van der Waals surface area contributed by atoms with Crippen molar-refractivity contribution >= 4 is 40.7 Å². The molecule has 2 aromatic rings. The summed E-state index contributed by atoms with van der Waals surface area (Å²) in [6.45, 7) is 2.93. The van der Waals surface area contributed by atoms with Crippen molar-refractivity contribution in [3.05, 3.63) is 52.5 Å². The third-order valence-electron chi connectivity index (χ3n) is 5.19. The predicted octanol–water partition coefficient (Wildman–Crippen LogP) is 3.02. The maximum Gasteiger partial charge on any atom is 0.252 e. The average molecular weight is 460 g/mol. The summed E-state index contributed by atoms with van der Waals surface area (Å²) in [6, 6.07) is 10.2. The first-order chi connectivity index (χ1) is 15.3. The maximum absolute atomic E-state index is 12.8. The number of nitrogens with one attached hydrogen (secondary N) is 2. The quantitative estimate of drug-likeness (QED) is 0.591. The second-order valence-corrected chi connectivity index (χ2v) is 7.92. The number of carbonyl (C=O) groups is 3. The zero-order valence-corrected chi connectivity index (χ0v) is 19.0. The van der Waals surface area contributed by atoms with Crippen molar-refractivity contribution in [1.82, 2.24) is 5.32 Å². The van der Waals surface area contributed by atoms with Crippen molar-refractivity contribution in [3.8, 4) is 5.75 Å². The standard InChI is InChI=1S/C23H26ClN3O5/c1-14-4-7-20(32-3)19(10-14)27-13-15(11-21(27)28)22(29)26-16-5-6-17(18(24)12-16)23(30)25-8-9-31-2/h4-7,10,12,15H,8-9,11,13H2,1-3H3,(H,25,30)(H,26,29). The molecule has 0 aliphatic carbocycles. The van der Waals surface area contributed by atoms with E-state index < -0.39 is 5.92 Å². The maximum atomic E-state index is 12.8. The highest BCUT2D eigenvalue weighted by atomic mass is 35.5. The number of hydrogen-bond donors (Lipinski definition) is 2. The Morgan fingerprint density at radius 3 is 2.66 bits per heavy atom. The van der Waals surface area contributed by atoms with Gasteiger partial charge in [0.25, 0.3) is 5.91 Å². The summed E-state index contributed by atoms with van der Waals surface area (Å²) in [6.07, 6.45) is 0.0939. The van der Waals surface area contributed by atoms with Gasteiger partial charge >= 0.3 is 0 Å². The van der Waals surface area contributed by atoms with E-state index in [0.29, 0.717) is 35.8 Å². The largest absolute Gasteiger partial charge is 0.495 e. The molecule has 3 amide bonds. The molecule has 8 nitrogen and oxygen atoms in total. The molecule has 2 aromatic carbocycles. The smallest absolute Gasteiger partial charge is 0.252 e. The molecule has 1 heterocycles. The van der Waals surface area contributed by atoms with Crippen LogP contribution in [0.25, 0.3) is 0 Å². The molecule has 0 radical (unpaired) electrons. The molecule has 1 saturated heterocycles. The summed E-state index contributed by atoms with van der Waals surface area (Å²) in [4.78, 5) is 39.2. The van der Waals surface area contributed by atoms with Gasteiger partial charge in [0.2, 0.25) is 11.8 Å². The van der Waals surface area contributed by atoms with Crippen LogP contribution in [0.4, 0.5) is 11.4 Å². The third-order valence-corrected chi connectivity index (χ3v) is 5.51. The number of benzene rings is 2. The summed E-state index contributed by atoms with van der Waals surface area (Å²) in [5, 5.41) is 5.70. The Labute approximate surface area is 191 Å². The zero-order valence-electron chi connectivity index (χ0n) is 18.2. The van der Waals surface area contributed by atoms with E-state index in [1.165, 1.54) is 6.07 Å². The average Bonchev–Trinajstić information content (AvgIpc) is 3.15. The Morgan fingerprint density at radius 2 is 1.97 bits per heavy atom. The summed E-state index contributed by atoms with van der Waals surface area (Å²) in [5.41, 5.74) is 2.39. The highest BCUT2D eigenvalue weighted by Crippen LogP contribution is 2.34. The molecule has 32 heavy (non-hydrogen) atoms. The molecule has 1 aliphatic heterocycles. The highest BCUT2D eigenvalue weighted by Gasteiger charge is 2.36. The van der Waals surface area contributed by atoms with E-state index in [2.05, 4.69) is 10.6 Å². The van der Waals surface area contributed by atoms with Crippen molar-refractivity contribution in [1.29, 1.82) is 0 Å². The van der Waals surface area contributed by atoms with Crippen LogP contribution in [-0.4, -0.2) is 51.6 Å². The number of hydrogen-bond acceptors (Lipinski definition) is 5. The van der Waals surface area contributed by atoms with E-state index in [1.54, 1.807) is 37.3 Å². The van der Waals surface area contributed by atoms with Gasteiger partial charge in [0, 0.05) is 32.3 Å². The second kappa shape index (κ2) is 10.5. The lowest BCUT2D eigenvalue weighted by molar-refractivity contribution is -0.122. The number of anilines is 2. The van der Waals surface area contributed by atoms with Crippen LogP contribution in [-0.2, 0) is 14.3 Å². The van der Waals surface area contributed by atoms with Crippen molar-refractivity contribution in [2.75, 3.05) is 44.1 Å². The molecule has 3 rings (SSSR count). The van der Waals surface area contributed by atoms with Gasteiger partial charge < -0.3 is 25.0 Å². The van der Waals surface area contributed by atoms with Gasteiger partial charge in [-0.05, 0) is 42.8 Å². The van der Waals surface area contributed by atoms with E-state index in [0.717, 1.165) is 5.56 Å². The van der Waals surface area contributed by atoms with E-state index >= 15 is 0 Å². The molecule has 2 N–H and O–H groups in total. The molecule has 1 unspecified atom stereocenters. The monoisotopic (exact) mass is 459 g/mol. The highest BCUT2D eigenvalue weighted by molar-refractivity contribution is 6.34. The second-order valence-electron chi connectivity index (χ2n) is 7.51. The van der Waals surface area contributed by atoms with Gasteiger partial charge in [-0.15, -0.1) is 0 Å². The normalized spacial score (nSPS) is 15.6. The van der Waals surface area contributed by atoms with Gasteiger partial charge in [0.1, 0.15) is 5.75 Å². The number of methoxy groups -OCH3 is 2. The van der Waals surface area contributed by atoms with Gasteiger partial charge in [-0.3, -0.25) is 14.4 Å². The SMILES string of the molecule is COCCNC(=O)c1ccc(NC(=O)C2CC(=O)N(c3cc(C)ccc3OC)C2)cc1Cl. The lowest BCUT2D eigenvalue weighted by Gasteiger charge is -2.20. The molecule has 1 aliphatic rings. The van der Waals surface area contributed by atoms with E-state index in [1.807, 2.05) is 19.1 Å². The van der Waals surface area contributed by atoms with Crippen molar-refractivity contribution < 1.29 is 23.9 Å². The van der Waals surface area contributed by atoms with Crippen LogP contribution >= 0.6 is 11.6 Å². The minimum Gasteiger partial charge on any atom is -0.495 e. The summed E-state index contributed by atoms with van der Waals surface area (Å²) in [5.74, 6) is -0.704. The van der Waals surface area contributed by atoms with Gasteiger partial charge in [-0.25, -0.2) is 0 Å². The molecule has 1 fully saturated rings. The summed E-state index contributed by atoms with van der Waals surface area (Å²) in [7, 11) is 3.09. The van der Waals surface area contributed by atoms with E-state index in [4.69, 9.17) is 21.1 Å². The molecular formula is C23H26ClN3O5. The van der Waals surface area contributed by atoms with Crippen LogP contribution in [0.15, 0.2) is 36.4 Å². The van der Waals surface area contributed by atoms with Gasteiger partial charge in [0.15, 0.2) is 0 Å². The van der Waals surface area contributed by atoms with Crippen LogP contribution in [0.5, 0.6) is 5.75 Å². The Balaban J connectivity index is 1.67. The number of nitrogens with zero attached hydrogens (tertiary/aromatic N) is 1. The Kier molecular flexibility index (Phi) is 7.71. The molecule has 1 atom stereocenters. The van der Waals surface area contributed by atoms with Crippen molar-refractivity contribution in [2.45, 2.75) is 13.3 Å². The van der Waals surface area contributed by atoms with Crippen molar-refractivity contribution in [2.24, 2.45) is 5.92 Å². The number of amides is 3. The first kappa shape index (κ1) is 23.6. The van der Waals surface area contributed by atoms with E-state index in [9.17, 15) is 14.4 Å². The third kappa shape index (κ3) is 5.38. The Morgan fingerprint density at radius 1 is 1.19 bits per heavy atom. The molecule has 0 aromatic heterocycles. The topological polar surface area (TPSA) is 97.0 Å². The van der Waals surface area contributed by atoms with Crippen molar-refractivity contribution in [3.63, 3.8) is 0 Å². The molecule has 0 saturated carbocycles. The zero-order chi connectivity index (χ0) is 23.3. The Bertz CT molecular complexity index is 1030. The predicted molar refractivity (Wildman–Crippen MR) is 122 cm³/mol. The fourth-order valence-electron chi connectivity index (χ4n) is 3.51. The van der Waals surface area contributed by atoms with Crippen LogP contribution in [0.2, 0.25) is 5.02 Å². The Hall–Kier alpha value is -3.10. The fourth-order valence-corrected chi connectivity index (χ4v) is 3.78. The van der Waals surface area contributed by atoms with Gasteiger partial charge in [-0.2, -0.15) is 0 Å². The first-order valence-electron chi connectivity index (χ1n) is 10.2. The van der Waals surface area contributed by atoms with Gasteiger partial charge in [-0.1, -0.05) is 17.7 Å². The minimum absolute atomic E-state index is 0.0939. The lowest BCUT2D eigenvalue weighted by atomic mass is 10.1. The summed E-state index contributed by atoms with van der Waals surface area (Å²) >= 11 is 6.24. The van der Waals surface area contributed by atoms with Crippen LogP contribution in [0.1, 0.15) is 22.3 Å². The first-order valence-corrected chi connectivity index (χ1v) is 10.5. The number of rotatable bonds is 8. The van der Waals surface area contributed by atoms with Crippen LogP contribution in [0.3, 0.4) is 0 Å². The van der Waals surface area contributed by atoms with Gasteiger partial charge in [0.05, 0.1) is 35.9 Å². The number of halogens is 1. The van der Waals surface area contributed by atoms with Crippen LogP contribution in [0, 0.1) is 12.8 Å². The minimum atomic E-state index is -0.525.